The predicted octanol–water partition coefficient (Wildman–Crippen LogP) is 0.278. The lowest BCUT2D eigenvalue weighted by atomic mass is 10.4. The molecule has 5 nitrogen and oxygen atoms in total. The van der Waals surface area contributed by atoms with Crippen molar-refractivity contribution in [1.82, 2.24) is 19.7 Å². The minimum atomic E-state index is 0.147. The van der Waals surface area contributed by atoms with E-state index in [2.05, 4.69) is 21.6 Å². The first-order valence-electron chi connectivity index (χ1n) is 5.12. The van der Waals surface area contributed by atoms with Crippen molar-refractivity contribution in [2.75, 3.05) is 19.7 Å². The molecule has 0 aliphatic carbocycles. The van der Waals surface area contributed by atoms with Crippen LogP contribution in [0.25, 0.3) is 0 Å². The maximum absolute atomic E-state index is 8.90. The number of hydrogen-bond donors (Lipinski definition) is 1. The van der Waals surface area contributed by atoms with Crippen LogP contribution in [0, 0.1) is 0 Å². The maximum atomic E-state index is 8.90. The summed E-state index contributed by atoms with van der Waals surface area (Å²) in [7, 11) is 0. The molecule has 0 aromatic carbocycles. The Bertz CT molecular complexity index is 297. The molecule has 0 aliphatic rings. The van der Waals surface area contributed by atoms with Crippen LogP contribution in [0.5, 0.6) is 0 Å². The normalized spacial score (nSPS) is 10.9. The van der Waals surface area contributed by atoms with Crippen LogP contribution in [0.3, 0.4) is 0 Å². The van der Waals surface area contributed by atoms with E-state index in [0.717, 1.165) is 18.9 Å². The third kappa shape index (κ3) is 3.45. The van der Waals surface area contributed by atoms with Gasteiger partial charge in [-0.2, -0.15) is 5.10 Å². The standard InChI is InChI=1S/C10H18N4O/c1-3-5-13(6-7-15)8-10-11-9-12-14(10)4-2/h3,9,15H,1,4-8H2,2H3. The second-order valence-corrected chi connectivity index (χ2v) is 3.24. The van der Waals surface area contributed by atoms with E-state index in [1.807, 2.05) is 17.7 Å². The molecular weight excluding hydrogens is 192 g/mol. The van der Waals surface area contributed by atoms with Gasteiger partial charge in [0.1, 0.15) is 12.2 Å². The molecule has 5 heteroatoms. The average Bonchev–Trinajstić information content (AvgIpc) is 2.66. The lowest BCUT2D eigenvalue weighted by Gasteiger charge is -2.18. The molecule has 0 saturated carbocycles. The fourth-order valence-corrected chi connectivity index (χ4v) is 1.43. The maximum Gasteiger partial charge on any atom is 0.141 e. The van der Waals surface area contributed by atoms with Crippen LogP contribution < -0.4 is 0 Å². The van der Waals surface area contributed by atoms with Gasteiger partial charge in [0.2, 0.25) is 0 Å². The first-order valence-corrected chi connectivity index (χ1v) is 5.12. The van der Waals surface area contributed by atoms with Crippen LogP contribution >= 0.6 is 0 Å². The van der Waals surface area contributed by atoms with E-state index >= 15 is 0 Å². The summed E-state index contributed by atoms with van der Waals surface area (Å²) in [4.78, 5) is 6.26. The minimum absolute atomic E-state index is 0.147. The van der Waals surface area contributed by atoms with Gasteiger partial charge >= 0.3 is 0 Å². The highest BCUT2D eigenvalue weighted by molar-refractivity contribution is 4.86. The summed E-state index contributed by atoms with van der Waals surface area (Å²) in [6.45, 7) is 8.75. The van der Waals surface area contributed by atoms with E-state index in [4.69, 9.17) is 5.11 Å². The fraction of sp³-hybridized carbons (Fsp3) is 0.600. The zero-order valence-corrected chi connectivity index (χ0v) is 9.13. The molecule has 0 unspecified atom stereocenters. The molecule has 84 valence electrons. The first kappa shape index (κ1) is 11.9. The molecule has 1 rings (SSSR count). The van der Waals surface area contributed by atoms with Crippen molar-refractivity contribution in [3.8, 4) is 0 Å². The van der Waals surface area contributed by atoms with Gasteiger partial charge in [-0.1, -0.05) is 6.08 Å². The average molecular weight is 210 g/mol. The fourth-order valence-electron chi connectivity index (χ4n) is 1.43. The molecule has 0 saturated heterocycles. The number of hydrogen-bond acceptors (Lipinski definition) is 4. The number of aryl methyl sites for hydroxylation is 1. The van der Waals surface area contributed by atoms with Crippen LogP contribution in [-0.4, -0.2) is 44.5 Å². The first-order chi connectivity index (χ1) is 7.31. The zero-order chi connectivity index (χ0) is 11.1. The highest BCUT2D eigenvalue weighted by atomic mass is 16.3. The number of aromatic nitrogens is 3. The third-order valence-corrected chi connectivity index (χ3v) is 2.16. The Morgan fingerprint density at radius 3 is 3.07 bits per heavy atom. The van der Waals surface area contributed by atoms with Crippen molar-refractivity contribution in [2.24, 2.45) is 0 Å². The summed E-state index contributed by atoms with van der Waals surface area (Å²) in [6.07, 6.45) is 3.38. The summed E-state index contributed by atoms with van der Waals surface area (Å²) in [5.41, 5.74) is 0. The van der Waals surface area contributed by atoms with Gasteiger partial charge in [-0.25, -0.2) is 9.67 Å². The number of aliphatic hydroxyl groups is 1. The Morgan fingerprint density at radius 1 is 1.67 bits per heavy atom. The van der Waals surface area contributed by atoms with Crippen LogP contribution in [0.15, 0.2) is 19.0 Å². The Labute approximate surface area is 90.0 Å². The molecule has 1 N–H and O–H groups in total. The summed E-state index contributed by atoms with van der Waals surface area (Å²) in [6, 6.07) is 0. The van der Waals surface area contributed by atoms with Crippen LogP contribution in [-0.2, 0) is 13.1 Å². The van der Waals surface area contributed by atoms with Crippen LogP contribution in [0.4, 0.5) is 0 Å². The predicted molar refractivity (Wildman–Crippen MR) is 58.3 cm³/mol. The molecule has 1 aromatic heterocycles. The molecule has 0 spiro atoms. The number of aliphatic hydroxyl groups excluding tert-OH is 1. The smallest absolute Gasteiger partial charge is 0.141 e. The van der Waals surface area contributed by atoms with E-state index in [1.165, 1.54) is 0 Å². The van der Waals surface area contributed by atoms with Crippen LogP contribution in [0.2, 0.25) is 0 Å². The quantitative estimate of drug-likeness (QED) is 0.657. The van der Waals surface area contributed by atoms with E-state index in [1.54, 1.807) is 6.33 Å². The summed E-state index contributed by atoms with van der Waals surface area (Å²) in [5.74, 6) is 0.924. The van der Waals surface area contributed by atoms with Crippen molar-refractivity contribution in [3.63, 3.8) is 0 Å². The van der Waals surface area contributed by atoms with Gasteiger partial charge in [0, 0.05) is 19.6 Å². The number of nitrogens with zero attached hydrogens (tertiary/aromatic N) is 4. The molecule has 1 heterocycles. The second kappa shape index (κ2) is 6.31. The van der Waals surface area contributed by atoms with Crippen molar-refractivity contribution < 1.29 is 5.11 Å². The molecule has 15 heavy (non-hydrogen) atoms. The molecule has 0 atom stereocenters. The van der Waals surface area contributed by atoms with Crippen molar-refractivity contribution in [2.45, 2.75) is 20.0 Å². The molecule has 0 aliphatic heterocycles. The Balaban J connectivity index is 2.60. The van der Waals surface area contributed by atoms with Crippen molar-refractivity contribution in [1.29, 1.82) is 0 Å². The highest BCUT2D eigenvalue weighted by Gasteiger charge is 2.08. The largest absolute Gasteiger partial charge is 0.395 e. The molecular formula is C10H18N4O. The van der Waals surface area contributed by atoms with Gasteiger partial charge in [-0.15, -0.1) is 6.58 Å². The lowest BCUT2D eigenvalue weighted by Crippen LogP contribution is -2.28. The highest BCUT2D eigenvalue weighted by Crippen LogP contribution is 2.00. The topological polar surface area (TPSA) is 54.2 Å². The van der Waals surface area contributed by atoms with Gasteiger partial charge < -0.3 is 5.11 Å². The SMILES string of the molecule is C=CCN(CCO)Cc1ncnn1CC. The molecule has 0 amide bonds. The van der Waals surface area contributed by atoms with E-state index in [0.29, 0.717) is 13.1 Å². The summed E-state index contributed by atoms with van der Waals surface area (Å²) >= 11 is 0. The Kier molecular flexibility index (Phi) is 5.00. The van der Waals surface area contributed by atoms with E-state index < -0.39 is 0 Å². The lowest BCUT2D eigenvalue weighted by molar-refractivity contribution is 0.198. The summed E-state index contributed by atoms with van der Waals surface area (Å²) in [5, 5.41) is 13.0. The zero-order valence-electron chi connectivity index (χ0n) is 9.13. The van der Waals surface area contributed by atoms with E-state index in [9.17, 15) is 0 Å². The molecule has 0 fully saturated rings. The second-order valence-electron chi connectivity index (χ2n) is 3.24. The van der Waals surface area contributed by atoms with Gasteiger partial charge in [-0.05, 0) is 6.92 Å². The molecule has 0 radical (unpaired) electrons. The van der Waals surface area contributed by atoms with Crippen LogP contribution in [0.1, 0.15) is 12.7 Å². The molecule has 1 aromatic rings. The van der Waals surface area contributed by atoms with Crippen molar-refractivity contribution >= 4 is 0 Å². The van der Waals surface area contributed by atoms with Gasteiger partial charge in [0.25, 0.3) is 0 Å². The van der Waals surface area contributed by atoms with Crippen molar-refractivity contribution in [3.05, 3.63) is 24.8 Å². The van der Waals surface area contributed by atoms with Gasteiger partial charge in [0.05, 0.1) is 13.2 Å². The number of rotatable bonds is 7. The molecule has 0 bridgehead atoms. The summed E-state index contributed by atoms with van der Waals surface area (Å²) < 4.78 is 1.85. The monoisotopic (exact) mass is 210 g/mol. The minimum Gasteiger partial charge on any atom is -0.395 e. The van der Waals surface area contributed by atoms with Gasteiger partial charge in [-0.3, -0.25) is 4.90 Å². The van der Waals surface area contributed by atoms with E-state index in [-0.39, 0.29) is 6.61 Å². The Morgan fingerprint density at radius 2 is 2.47 bits per heavy atom. The van der Waals surface area contributed by atoms with Gasteiger partial charge in [0.15, 0.2) is 0 Å². The Hall–Kier alpha value is -1.20. The third-order valence-electron chi connectivity index (χ3n) is 2.16.